The summed E-state index contributed by atoms with van der Waals surface area (Å²) in [7, 11) is 6.27. The molecule has 1 aliphatic rings. The molecule has 0 fully saturated rings. The minimum Gasteiger partial charge on any atom is -0.385 e. The van der Waals surface area contributed by atoms with Crippen molar-refractivity contribution in [1.29, 1.82) is 0 Å². The minimum absolute atomic E-state index is 0.213. The number of methoxy groups -OCH3 is 4. The summed E-state index contributed by atoms with van der Waals surface area (Å²) in [5.74, 6) is -0.526. The van der Waals surface area contributed by atoms with E-state index in [0.29, 0.717) is 52.5 Å². The lowest BCUT2D eigenvalue weighted by molar-refractivity contribution is -0.129. The Balaban J connectivity index is 2.86. The van der Waals surface area contributed by atoms with Crippen LogP contribution in [0.4, 0.5) is 0 Å². The second-order valence-corrected chi connectivity index (χ2v) is 6.17. The van der Waals surface area contributed by atoms with E-state index in [1.54, 1.807) is 33.3 Å². The maximum atomic E-state index is 12.8. The number of rotatable bonds is 14. The van der Waals surface area contributed by atoms with Gasteiger partial charge in [0.2, 0.25) is 0 Å². The molecule has 28 heavy (non-hydrogen) atoms. The summed E-state index contributed by atoms with van der Waals surface area (Å²) in [4.78, 5) is 31.3. The molecule has 10 heteroatoms. The van der Waals surface area contributed by atoms with Crippen molar-refractivity contribution in [3.8, 4) is 0 Å². The number of aliphatic imine (C=N–C) groups is 1. The largest absolute Gasteiger partial charge is 0.385 e. The quantitative estimate of drug-likeness (QED) is 0.366. The van der Waals surface area contributed by atoms with E-state index in [0.717, 1.165) is 0 Å². The Morgan fingerprint density at radius 1 is 1.04 bits per heavy atom. The highest BCUT2D eigenvalue weighted by atomic mass is 16.5. The lowest BCUT2D eigenvalue weighted by atomic mass is 9.94. The highest BCUT2D eigenvalue weighted by Gasteiger charge is 2.38. The zero-order valence-corrected chi connectivity index (χ0v) is 17.2. The van der Waals surface area contributed by atoms with Gasteiger partial charge in [-0.2, -0.15) is 0 Å². The Bertz CT molecular complexity index is 546. The van der Waals surface area contributed by atoms with Crippen LogP contribution in [0.3, 0.4) is 0 Å². The Hall–Kier alpha value is -2.01. The highest BCUT2D eigenvalue weighted by molar-refractivity contribution is 6.06. The molecule has 10 nitrogen and oxygen atoms in total. The lowest BCUT2D eigenvalue weighted by Crippen LogP contribution is -2.59. The zero-order chi connectivity index (χ0) is 20.8. The van der Waals surface area contributed by atoms with Gasteiger partial charge in [0.05, 0.1) is 19.8 Å². The first-order valence-electron chi connectivity index (χ1n) is 9.11. The van der Waals surface area contributed by atoms with Crippen LogP contribution in [0.5, 0.6) is 0 Å². The fourth-order valence-electron chi connectivity index (χ4n) is 2.51. The van der Waals surface area contributed by atoms with Crippen molar-refractivity contribution >= 4 is 18.0 Å². The molecule has 0 saturated heterocycles. The molecule has 0 saturated carbocycles. The van der Waals surface area contributed by atoms with E-state index in [1.807, 2.05) is 0 Å². The van der Waals surface area contributed by atoms with Crippen LogP contribution in [-0.4, -0.2) is 103 Å². The van der Waals surface area contributed by atoms with Gasteiger partial charge in [0.1, 0.15) is 5.70 Å². The standard InChI is InChI=1S/C18H32N4O6/c1-25-9-5-18(17(24)19-6-10-26-2)14-20-15(13-21-18)16(23)22(7-11-27-3)8-12-28-4/h13-14,21H,5-12H2,1-4H3,(H,19,24). The third-order valence-corrected chi connectivity index (χ3v) is 4.22. The van der Waals surface area contributed by atoms with E-state index in [4.69, 9.17) is 18.9 Å². The van der Waals surface area contributed by atoms with Crippen molar-refractivity contribution in [2.45, 2.75) is 12.0 Å². The van der Waals surface area contributed by atoms with Gasteiger partial charge < -0.3 is 34.5 Å². The molecule has 1 unspecified atom stereocenters. The van der Waals surface area contributed by atoms with Crippen LogP contribution in [0, 0.1) is 0 Å². The molecule has 1 heterocycles. The molecular formula is C18H32N4O6. The second-order valence-electron chi connectivity index (χ2n) is 6.17. The normalized spacial score (nSPS) is 18.4. The van der Waals surface area contributed by atoms with Crippen LogP contribution < -0.4 is 10.6 Å². The average molecular weight is 400 g/mol. The van der Waals surface area contributed by atoms with E-state index in [2.05, 4.69) is 15.6 Å². The van der Waals surface area contributed by atoms with Gasteiger partial charge in [0, 0.05) is 73.5 Å². The molecule has 1 rings (SSSR count). The Morgan fingerprint density at radius 2 is 1.64 bits per heavy atom. The molecule has 0 bridgehead atoms. The molecule has 0 aromatic heterocycles. The third kappa shape index (κ3) is 7.19. The summed E-state index contributed by atoms with van der Waals surface area (Å²) in [6.07, 6.45) is 3.30. The van der Waals surface area contributed by atoms with Crippen LogP contribution >= 0.6 is 0 Å². The topological polar surface area (TPSA) is 111 Å². The molecule has 1 aliphatic heterocycles. The first kappa shape index (κ1) is 24.0. The second kappa shape index (κ2) is 13.2. The molecule has 0 spiro atoms. The van der Waals surface area contributed by atoms with Gasteiger partial charge in [0.25, 0.3) is 11.8 Å². The van der Waals surface area contributed by atoms with Crippen molar-refractivity contribution < 1.29 is 28.5 Å². The maximum Gasteiger partial charge on any atom is 0.274 e. The van der Waals surface area contributed by atoms with Gasteiger partial charge >= 0.3 is 0 Å². The van der Waals surface area contributed by atoms with Crippen LogP contribution in [0.1, 0.15) is 6.42 Å². The Kier molecular flexibility index (Phi) is 11.3. The summed E-state index contributed by atoms with van der Waals surface area (Å²) in [6, 6.07) is 0. The van der Waals surface area contributed by atoms with Crippen molar-refractivity contribution in [3.63, 3.8) is 0 Å². The number of carbonyl (C=O) groups is 2. The summed E-state index contributed by atoms with van der Waals surface area (Å²) in [5.41, 5.74) is -0.873. The van der Waals surface area contributed by atoms with E-state index in [1.165, 1.54) is 12.4 Å². The predicted molar refractivity (Wildman–Crippen MR) is 104 cm³/mol. The monoisotopic (exact) mass is 400 g/mol. The molecule has 1 atom stereocenters. The average Bonchev–Trinajstić information content (AvgIpc) is 2.72. The Morgan fingerprint density at radius 3 is 2.14 bits per heavy atom. The van der Waals surface area contributed by atoms with E-state index < -0.39 is 5.54 Å². The zero-order valence-electron chi connectivity index (χ0n) is 17.2. The summed E-state index contributed by atoms with van der Waals surface area (Å²) in [5, 5.41) is 5.83. The van der Waals surface area contributed by atoms with Gasteiger partial charge in [-0.3, -0.25) is 14.6 Å². The fraction of sp³-hybridized carbons (Fsp3) is 0.722. The predicted octanol–water partition coefficient (Wildman–Crippen LogP) is -0.839. The SMILES string of the molecule is COCCNC(=O)C1(CCOC)C=NC(C(=O)N(CCOC)CCOC)=CN1. The van der Waals surface area contributed by atoms with Gasteiger partial charge in [-0.15, -0.1) is 0 Å². The summed E-state index contributed by atoms with van der Waals surface area (Å²) in [6.45, 7) is 2.75. The molecule has 2 N–H and O–H groups in total. The van der Waals surface area contributed by atoms with Crippen molar-refractivity contribution in [2.24, 2.45) is 4.99 Å². The van der Waals surface area contributed by atoms with Crippen molar-refractivity contribution in [2.75, 3.05) is 74.5 Å². The van der Waals surface area contributed by atoms with Crippen LogP contribution in [0.15, 0.2) is 16.9 Å². The number of hydrogen-bond acceptors (Lipinski definition) is 8. The number of hydrogen-bond donors (Lipinski definition) is 2. The minimum atomic E-state index is -1.09. The van der Waals surface area contributed by atoms with Crippen LogP contribution in [-0.2, 0) is 28.5 Å². The van der Waals surface area contributed by atoms with E-state index >= 15 is 0 Å². The number of nitrogens with one attached hydrogen (secondary N) is 2. The highest BCUT2D eigenvalue weighted by Crippen LogP contribution is 2.16. The van der Waals surface area contributed by atoms with Gasteiger partial charge in [-0.05, 0) is 0 Å². The van der Waals surface area contributed by atoms with Crippen LogP contribution in [0.25, 0.3) is 0 Å². The summed E-state index contributed by atoms with van der Waals surface area (Å²) >= 11 is 0. The van der Waals surface area contributed by atoms with Crippen molar-refractivity contribution in [3.05, 3.63) is 11.9 Å². The summed E-state index contributed by atoms with van der Waals surface area (Å²) < 4.78 is 20.2. The number of amides is 2. The molecule has 0 radical (unpaired) electrons. The van der Waals surface area contributed by atoms with Gasteiger partial charge in [-0.1, -0.05) is 0 Å². The number of carbonyl (C=O) groups excluding carboxylic acids is 2. The smallest absolute Gasteiger partial charge is 0.274 e. The fourth-order valence-corrected chi connectivity index (χ4v) is 2.51. The first-order valence-corrected chi connectivity index (χ1v) is 9.11. The molecule has 0 aliphatic carbocycles. The molecule has 0 aromatic rings. The molecule has 0 aromatic carbocycles. The van der Waals surface area contributed by atoms with E-state index in [-0.39, 0.29) is 17.5 Å². The lowest BCUT2D eigenvalue weighted by Gasteiger charge is -2.32. The van der Waals surface area contributed by atoms with E-state index in [9.17, 15) is 9.59 Å². The van der Waals surface area contributed by atoms with Crippen LogP contribution in [0.2, 0.25) is 0 Å². The number of nitrogens with zero attached hydrogens (tertiary/aromatic N) is 2. The Labute approximate surface area is 166 Å². The molecule has 160 valence electrons. The van der Waals surface area contributed by atoms with Gasteiger partial charge in [-0.25, -0.2) is 0 Å². The number of ether oxygens (including phenoxy) is 4. The van der Waals surface area contributed by atoms with Gasteiger partial charge in [0.15, 0.2) is 5.54 Å². The first-order chi connectivity index (χ1) is 13.5. The van der Waals surface area contributed by atoms with Crippen molar-refractivity contribution in [1.82, 2.24) is 15.5 Å². The maximum absolute atomic E-state index is 12.8. The molecule has 2 amide bonds. The third-order valence-electron chi connectivity index (χ3n) is 4.22. The molecular weight excluding hydrogens is 368 g/mol.